The summed E-state index contributed by atoms with van der Waals surface area (Å²) in [6, 6.07) is 0. The fourth-order valence-corrected chi connectivity index (χ4v) is 4.71. The van der Waals surface area contributed by atoms with E-state index in [0.29, 0.717) is 19.0 Å². The van der Waals surface area contributed by atoms with Crippen molar-refractivity contribution in [1.82, 2.24) is 4.90 Å². The zero-order chi connectivity index (χ0) is 17.1. The van der Waals surface area contributed by atoms with Crippen LogP contribution in [0.3, 0.4) is 0 Å². The summed E-state index contributed by atoms with van der Waals surface area (Å²) in [7, 11) is 0. The first kappa shape index (κ1) is 15.6. The number of carbonyl (C=O) groups excluding carboxylic acids is 2. The normalized spacial score (nSPS) is 40.0. The molecule has 5 atom stereocenters. The second-order valence-electron chi connectivity index (χ2n) is 7.59. The van der Waals surface area contributed by atoms with E-state index >= 15 is 0 Å². The lowest BCUT2D eigenvalue weighted by molar-refractivity contribution is -0.313. The first-order valence-electron chi connectivity index (χ1n) is 8.61. The first-order valence-corrected chi connectivity index (χ1v) is 8.61. The number of hydrogen-bond donors (Lipinski definition) is 0. The molecule has 2 fully saturated rings. The number of rotatable bonds is 4. The van der Waals surface area contributed by atoms with Crippen molar-refractivity contribution >= 4 is 11.9 Å². The second kappa shape index (κ2) is 5.31. The minimum atomic E-state index is -1.19. The molecular weight excluding hydrogens is 306 g/mol. The van der Waals surface area contributed by atoms with Gasteiger partial charge in [0.25, 0.3) is 0 Å². The van der Waals surface area contributed by atoms with Gasteiger partial charge in [-0.15, -0.1) is 0 Å². The summed E-state index contributed by atoms with van der Waals surface area (Å²) in [5, 5.41) is 11.5. The molecule has 2 saturated heterocycles. The number of carboxylic acid groups (broad SMARTS) is 1. The molecule has 0 radical (unpaired) electrons. The van der Waals surface area contributed by atoms with Crippen molar-refractivity contribution in [3.63, 3.8) is 0 Å². The van der Waals surface area contributed by atoms with Crippen LogP contribution >= 0.6 is 0 Å². The smallest absolute Gasteiger partial charge is 0.230 e. The van der Waals surface area contributed by atoms with Crippen LogP contribution in [-0.2, 0) is 14.3 Å². The number of nitrogens with zero attached hydrogens (tertiary/aromatic N) is 1. The highest BCUT2D eigenvalue weighted by Gasteiger charge is 2.65. The van der Waals surface area contributed by atoms with Gasteiger partial charge in [0, 0.05) is 18.4 Å². The Kier molecular flexibility index (Phi) is 3.46. The molecule has 1 aliphatic carbocycles. The van der Waals surface area contributed by atoms with Crippen LogP contribution in [0.25, 0.3) is 0 Å². The number of amides is 1. The third kappa shape index (κ3) is 2.18. The molecule has 0 aromatic carbocycles. The SMILES string of the molecule is C=C(C)[C@@H]1CC=C(CN2C[C@@]34C=C[C@H](O3)[C@H](C(=O)[O-])[C@H]4C2=O)CC1. The predicted octanol–water partition coefficient (Wildman–Crippen LogP) is 0.821. The highest BCUT2D eigenvalue weighted by atomic mass is 16.5. The lowest BCUT2D eigenvalue weighted by atomic mass is 9.77. The molecule has 0 N–H and O–H groups in total. The topological polar surface area (TPSA) is 69.7 Å². The molecule has 0 aromatic rings. The van der Waals surface area contributed by atoms with Crippen LogP contribution in [0, 0.1) is 17.8 Å². The number of fused-ring (bicyclic) bond motifs is 1. The predicted molar refractivity (Wildman–Crippen MR) is 85.5 cm³/mol. The molecule has 128 valence electrons. The molecule has 5 nitrogen and oxygen atoms in total. The maximum atomic E-state index is 12.8. The molecule has 3 heterocycles. The molecule has 3 aliphatic heterocycles. The van der Waals surface area contributed by atoms with Crippen molar-refractivity contribution in [3.8, 4) is 0 Å². The quantitative estimate of drug-likeness (QED) is 0.717. The first-order chi connectivity index (χ1) is 11.4. The lowest BCUT2D eigenvalue weighted by Crippen LogP contribution is -2.45. The largest absolute Gasteiger partial charge is 0.550 e. The van der Waals surface area contributed by atoms with Crippen molar-refractivity contribution in [2.24, 2.45) is 17.8 Å². The third-order valence-corrected chi connectivity index (χ3v) is 6.05. The van der Waals surface area contributed by atoms with Gasteiger partial charge in [-0.1, -0.05) is 36.0 Å². The van der Waals surface area contributed by atoms with Crippen LogP contribution in [0.15, 0.2) is 36.0 Å². The Balaban J connectivity index is 1.50. The van der Waals surface area contributed by atoms with Crippen LogP contribution in [-0.4, -0.2) is 41.6 Å². The van der Waals surface area contributed by atoms with E-state index in [2.05, 4.69) is 19.6 Å². The van der Waals surface area contributed by atoms with E-state index in [9.17, 15) is 14.7 Å². The van der Waals surface area contributed by atoms with Crippen molar-refractivity contribution in [3.05, 3.63) is 36.0 Å². The Hall–Kier alpha value is -1.88. The van der Waals surface area contributed by atoms with E-state index in [4.69, 9.17) is 4.74 Å². The maximum Gasteiger partial charge on any atom is 0.230 e. The van der Waals surface area contributed by atoms with Gasteiger partial charge in [-0.2, -0.15) is 0 Å². The molecule has 0 aromatic heterocycles. The number of hydrogen-bond acceptors (Lipinski definition) is 4. The highest BCUT2D eigenvalue weighted by Crippen LogP contribution is 2.51. The Bertz CT molecular complexity index is 679. The Morgan fingerprint density at radius 3 is 2.96 bits per heavy atom. The second-order valence-corrected chi connectivity index (χ2v) is 7.59. The number of carboxylic acids is 1. The number of allylic oxidation sites excluding steroid dienone is 2. The number of aliphatic carboxylic acids is 1. The van der Waals surface area contributed by atoms with Crippen LogP contribution in [0.1, 0.15) is 26.2 Å². The van der Waals surface area contributed by atoms with E-state index in [-0.39, 0.29) is 5.91 Å². The highest BCUT2D eigenvalue weighted by molar-refractivity contribution is 5.90. The summed E-state index contributed by atoms with van der Waals surface area (Å²) in [6.45, 7) is 7.10. The minimum Gasteiger partial charge on any atom is -0.550 e. The zero-order valence-electron chi connectivity index (χ0n) is 13.9. The molecule has 4 rings (SSSR count). The van der Waals surface area contributed by atoms with Crippen LogP contribution in [0.2, 0.25) is 0 Å². The van der Waals surface area contributed by atoms with Crippen molar-refractivity contribution in [2.75, 3.05) is 13.1 Å². The lowest BCUT2D eigenvalue weighted by Gasteiger charge is -2.27. The van der Waals surface area contributed by atoms with Gasteiger partial charge >= 0.3 is 0 Å². The Labute approximate surface area is 141 Å². The van der Waals surface area contributed by atoms with E-state index < -0.39 is 29.5 Å². The average molecular weight is 328 g/mol. The Morgan fingerprint density at radius 2 is 2.33 bits per heavy atom. The summed E-state index contributed by atoms with van der Waals surface area (Å²) >= 11 is 0. The molecule has 5 heteroatoms. The fourth-order valence-electron chi connectivity index (χ4n) is 4.71. The summed E-state index contributed by atoms with van der Waals surface area (Å²) in [6.07, 6.45) is 8.35. The van der Waals surface area contributed by atoms with Gasteiger partial charge in [-0.25, -0.2) is 0 Å². The molecule has 0 unspecified atom stereocenters. The van der Waals surface area contributed by atoms with Gasteiger partial charge < -0.3 is 19.5 Å². The molecule has 4 aliphatic rings. The van der Waals surface area contributed by atoms with Crippen LogP contribution in [0.4, 0.5) is 0 Å². The van der Waals surface area contributed by atoms with Gasteiger partial charge in [0.15, 0.2) is 0 Å². The van der Waals surface area contributed by atoms with Crippen molar-refractivity contribution < 1.29 is 19.4 Å². The summed E-state index contributed by atoms with van der Waals surface area (Å²) in [4.78, 5) is 26.0. The fraction of sp³-hybridized carbons (Fsp3) is 0.579. The summed E-state index contributed by atoms with van der Waals surface area (Å²) in [5.74, 6) is -2.26. The standard InChI is InChI=1S/C19H23NO4/c1-11(2)13-5-3-12(4-6-13)9-20-10-19-8-7-14(24-19)15(18(22)23)16(19)17(20)21/h3,7-8,13-16H,1,4-6,9-10H2,2H3,(H,22,23)/p-1/t13-,14+,15+,16+,19-/m1/s1. The molecule has 0 saturated carbocycles. The van der Waals surface area contributed by atoms with E-state index in [0.717, 1.165) is 19.3 Å². The third-order valence-electron chi connectivity index (χ3n) is 6.05. The summed E-state index contributed by atoms with van der Waals surface area (Å²) in [5.41, 5.74) is 1.70. The molecule has 1 amide bonds. The zero-order valence-corrected chi connectivity index (χ0v) is 13.9. The molecule has 24 heavy (non-hydrogen) atoms. The van der Waals surface area contributed by atoms with Crippen molar-refractivity contribution in [1.29, 1.82) is 0 Å². The summed E-state index contributed by atoms with van der Waals surface area (Å²) < 4.78 is 5.87. The van der Waals surface area contributed by atoms with E-state index in [1.165, 1.54) is 11.1 Å². The maximum absolute atomic E-state index is 12.8. The van der Waals surface area contributed by atoms with Gasteiger partial charge in [0.05, 0.1) is 18.6 Å². The van der Waals surface area contributed by atoms with Gasteiger partial charge in [0.2, 0.25) is 5.91 Å². The number of ether oxygens (including phenoxy) is 1. The average Bonchev–Trinajstić information content (AvgIpc) is 3.16. The molecular formula is C19H22NO4-. The monoisotopic (exact) mass is 328 g/mol. The Morgan fingerprint density at radius 1 is 1.54 bits per heavy atom. The number of carbonyl (C=O) groups is 2. The molecule has 2 bridgehead atoms. The van der Waals surface area contributed by atoms with E-state index in [1.807, 2.05) is 6.08 Å². The van der Waals surface area contributed by atoms with Gasteiger partial charge in [-0.05, 0) is 32.1 Å². The van der Waals surface area contributed by atoms with Crippen LogP contribution < -0.4 is 5.11 Å². The number of likely N-dealkylation sites (tertiary alicyclic amines) is 1. The van der Waals surface area contributed by atoms with Gasteiger partial charge in [-0.3, -0.25) is 4.79 Å². The van der Waals surface area contributed by atoms with Crippen molar-refractivity contribution in [2.45, 2.75) is 37.9 Å². The van der Waals surface area contributed by atoms with Gasteiger partial charge in [0.1, 0.15) is 5.60 Å². The van der Waals surface area contributed by atoms with Crippen LogP contribution in [0.5, 0.6) is 0 Å². The minimum absolute atomic E-state index is 0.112. The van der Waals surface area contributed by atoms with E-state index in [1.54, 1.807) is 11.0 Å². The molecule has 1 spiro atoms.